The number of amides is 1. The predicted molar refractivity (Wildman–Crippen MR) is 139 cm³/mol. The molecule has 176 valence electrons. The van der Waals surface area contributed by atoms with Gasteiger partial charge in [-0.25, -0.2) is 0 Å². The zero-order valence-corrected chi connectivity index (χ0v) is 20.8. The van der Waals surface area contributed by atoms with Crippen LogP contribution in [0.25, 0.3) is 21.7 Å². The van der Waals surface area contributed by atoms with E-state index in [9.17, 15) is 4.79 Å². The molecule has 1 N–H and O–H groups in total. The number of rotatable bonds is 6. The lowest BCUT2D eigenvalue weighted by atomic mass is 10.1. The van der Waals surface area contributed by atoms with E-state index in [0.717, 1.165) is 33.2 Å². The van der Waals surface area contributed by atoms with Crippen molar-refractivity contribution >= 4 is 68.0 Å². The van der Waals surface area contributed by atoms with Crippen molar-refractivity contribution in [3.8, 4) is 23.0 Å². The molecule has 0 radical (unpaired) electrons. The number of nitrogens with one attached hydrogen (secondary N) is 1. The quantitative estimate of drug-likeness (QED) is 0.252. The molecule has 5 rings (SSSR count). The van der Waals surface area contributed by atoms with Gasteiger partial charge in [0.25, 0.3) is 5.91 Å². The number of hydrogen-bond acceptors (Lipinski definition) is 7. The first-order valence-corrected chi connectivity index (χ1v) is 11.8. The number of ether oxygens (including phenoxy) is 3. The number of halogens is 2. The van der Waals surface area contributed by atoms with Gasteiger partial charge in [0.2, 0.25) is 0 Å². The molecule has 0 spiro atoms. The second-order valence-corrected chi connectivity index (χ2v) is 9.19. The zero-order valence-electron chi connectivity index (χ0n) is 18.5. The largest absolute Gasteiger partial charge is 0.493 e. The Balaban J connectivity index is 1.41. The van der Waals surface area contributed by atoms with E-state index in [-0.39, 0.29) is 15.1 Å². The van der Waals surface area contributed by atoms with Crippen molar-refractivity contribution in [2.75, 3.05) is 19.5 Å². The standard InChI is InChI=1S/C25H17Cl2N3O4S/c1-32-20-11-17-18(12-21(20)33-2)28-8-7-19(17)34-16-6-4-13-9-15(5-3-14(13)10-16)29-25(31)23-22(26)24(27)35-30-23/h3-12H,1-2H3,(H,29,31). The summed E-state index contributed by atoms with van der Waals surface area (Å²) < 4.78 is 21.3. The monoisotopic (exact) mass is 525 g/mol. The number of methoxy groups -OCH3 is 2. The van der Waals surface area contributed by atoms with Gasteiger partial charge in [0.15, 0.2) is 17.2 Å². The summed E-state index contributed by atoms with van der Waals surface area (Å²) in [4.78, 5) is 16.9. The number of anilines is 1. The maximum absolute atomic E-state index is 12.5. The minimum absolute atomic E-state index is 0.101. The van der Waals surface area contributed by atoms with Crippen LogP contribution < -0.4 is 19.5 Å². The molecule has 0 aliphatic carbocycles. The molecule has 0 fully saturated rings. The first-order chi connectivity index (χ1) is 17.0. The average molecular weight is 526 g/mol. The van der Waals surface area contributed by atoms with Crippen LogP contribution in [0.4, 0.5) is 5.69 Å². The molecular formula is C25H17Cl2N3O4S. The van der Waals surface area contributed by atoms with Crippen molar-refractivity contribution in [1.82, 2.24) is 9.36 Å². The number of carbonyl (C=O) groups is 1. The van der Waals surface area contributed by atoms with Crippen LogP contribution in [0.3, 0.4) is 0 Å². The molecule has 5 aromatic rings. The lowest BCUT2D eigenvalue weighted by Gasteiger charge is -2.13. The third kappa shape index (κ3) is 4.55. The molecule has 1 amide bonds. The second kappa shape index (κ2) is 9.58. The SMILES string of the molecule is COc1cc2nccc(Oc3ccc4cc(NC(=O)c5nsc(Cl)c5Cl)ccc4c3)c2cc1OC. The third-order valence-corrected chi connectivity index (χ3v) is 6.93. The highest BCUT2D eigenvalue weighted by molar-refractivity contribution is 7.11. The van der Waals surface area contributed by atoms with Gasteiger partial charge in [0, 0.05) is 23.3 Å². The highest BCUT2D eigenvalue weighted by Crippen LogP contribution is 2.37. The van der Waals surface area contributed by atoms with E-state index in [1.165, 1.54) is 0 Å². The van der Waals surface area contributed by atoms with Gasteiger partial charge in [-0.2, -0.15) is 4.37 Å². The average Bonchev–Trinajstić information content (AvgIpc) is 3.21. The molecule has 10 heteroatoms. The van der Waals surface area contributed by atoms with E-state index in [4.69, 9.17) is 37.4 Å². The van der Waals surface area contributed by atoms with E-state index in [2.05, 4.69) is 14.7 Å². The maximum atomic E-state index is 12.5. The first-order valence-electron chi connectivity index (χ1n) is 10.3. The van der Waals surface area contributed by atoms with Gasteiger partial charge in [-0.05, 0) is 58.7 Å². The molecule has 0 unspecified atom stereocenters. The van der Waals surface area contributed by atoms with Crippen LogP contribution in [0.5, 0.6) is 23.0 Å². The summed E-state index contributed by atoms with van der Waals surface area (Å²) in [7, 11) is 3.17. The van der Waals surface area contributed by atoms with Crippen molar-refractivity contribution < 1.29 is 19.0 Å². The highest BCUT2D eigenvalue weighted by Gasteiger charge is 2.18. The molecule has 7 nitrogen and oxygen atoms in total. The van der Waals surface area contributed by atoms with Crippen LogP contribution in [0.15, 0.2) is 60.8 Å². The fourth-order valence-corrected chi connectivity index (χ4v) is 4.62. The number of carbonyl (C=O) groups excluding carboxylic acids is 1. The number of nitrogens with zero attached hydrogens (tertiary/aromatic N) is 2. The number of hydrogen-bond donors (Lipinski definition) is 1. The number of aromatic nitrogens is 2. The van der Waals surface area contributed by atoms with E-state index in [1.54, 1.807) is 32.5 Å². The lowest BCUT2D eigenvalue weighted by Crippen LogP contribution is -2.12. The molecule has 2 heterocycles. The van der Waals surface area contributed by atoms with Crippen LogP contribution >= 0.6 is 34.7 Å². The molecule has 0 bridgehead atoms. The molecule has 3 aromatic carbocycles. The van der Waals surface area contributed by atoms with Gasteiger partial charge in [0.05, 0.1) is 19.7 Å². The predicted octanol–water partition coefficient (Wildman–Crippen LogP) is 7.21. The highest BCUT2D eigenvalue weighted by atomic mass is 35.5. The minimum Gasteiger partial charge on any atom is -0.493 e. The van der Waals surface area contributed by atoms with Crippen molar-refractivity contribution in [2.24, 2.45) is 0 Å². The normalized spacial score (nSPS) is 11.0. The molecule has 35 heavy (non-hydrogen) atoms. The van der Waals surface area contributed by atoms with Crippen molar-refractivity contribution in [3.63, 3.8) is 0 Å². The molecule has 2 aromatic heterocycles. The smallest absolute Gasteiger partial charge is 0.276 e. The summed E-state index contributed by atoms with van der Waals surface area (Å²) in [5.74, 6) is 2.05. The van der Waals surface area contributed by atoms with Crippen LogP contribution in [0.1, 0.15) is 10.5 Å². The minimum atomic E-state index is -0.422. The zero-order chi connectivity index (χ0) is 24.5. The molecule has 0 saturated carbocycles. The van der Waals surface area contributed by atoms with Crippen molar-refractivity contribution in [3.05, 3.63) is 75.8 Å². The number of fused-ring (bicyclic) bond motifs is 2. The Hall–Kier alpha value is -3.59. The Kier molecular flexibility index (Phi) is 6.34. The van der Waals surface area contributed by atoms with Gasteiger partial charge < -0.3 is 19.5 Å². The van der Waals surface area contributed by atoms with E-state index >= 15 is 0 Å². The van der Waals surface area contributed by atoms with E-state index < -0.39 is 5.91 Å². The summed E-state index contributed by atoms with van der Waals surface area (Å²) in [5.41, 5.74) is 1.43. The maximum Gasteiger partial charge on any atom is 0.276 e. The van der Waals surface area contributed by atoms with Gasteiger partial charge in [-0.1, -0.05) is 35.3 Å². The molecule has 0 atom stereocenters. The summed E-state index contributed by atoms with van der Waals surface area (Å²) >= 11 is 12.9. The lowest BCUT2D eigenvalue weighted by molar-refractivity contribution is 0.102. The summed E-state index contributed by atoms with van der Waals surface area (Å²) in [6, 6.07) is 16.7. The van der Waals surface area contributed by atoms with Gasteiger partial charge >= 0.3 is 0 Å². The summed E-state index contributed by atoms with van der Waals surface area (Å²) in [6.45, 7) is 0. The molecular weight excluding hydrogens is 509 g/mol. The Bertz CT molecular complexity index is 1590. The van der Waals surface area contributed by atoms with Crippen LogP contribution in [-0.4, -0.2) is 29.5 Å². The fraction of sp³-hybridized carbons (Fsp3) is 0.0800. The van der Waals surface area contributed by atoms with Gasteiger partial charge in [-0.3, -0.25) is 9.78 Å². The van der Waals surface area contributed by atoms with Gasteiger partial charge in [0.1, 0.15) is 20.9 Å². The number of pyridine rings is 1. The Morgan fingerprint density at radius 2 is 1.66 bits per heavy atom. The van der Waals surface area contributed by atoms with Crippen LogP contribution in [0, 0.1) is 0 Å². The van der Waals surface area contributed by atoms with Crippen LogP contribution in [-0.2, 0) is 0 Å². The topological polar surface area (TPSA) is 82.6 Å². The third-order valence-electron chi connectivity index (χ3n) is 5.32. The Morgan fingerprint density at radius 1 is 0.914 bits per heavy atom. The Morgan fingerprint density at radius 3 is 2.40 bits per heavy atom. The Labute approximate surface area is 214 Å². The summed E-state index contributed by atoms with van der Waals surface area (Å²) in [6.07, 6.45) is 1.68. The fourth-order valence-electron chi connectivity index (χ4n) is 3.62. The van der Waals surface area contributed by atoms with Crippen molar-refractivity contribution in [2.45, 2.75) is 0 Å². The molecule has 0 aliphatic rings. The van der Waals surface area contributed by atoms with E-state index in [1.807, 2.05) is 42.5 Å². The van der Waals surface area contributed by atoms with E-state index in [0.29, 0.717) is 28.7 Å². The van der Waals surface area contributed by atoms with Crippen LogP contribution in [0.2, 0.25) is 9.36 Å². The van der Waals surface area contributed by atoms with Gasteiger partial charge in [-0.15, -0.1) is 0 Å². The molecule has 0 saturated heterocycles. The first kappa shape index (κ1) is 23.2. The second-order valence-electron chi connectivity index (χ2n) is 7.43. The number of benzene rings is 3. The van der Waals surface area contributed by atoms with Crippen molar-refractivity contribution in [1.29, 1.82) is 0 Å². The summed E-state index contributed by atoms with van der Waals surface area (Å²) in [5, 5.41) is 5.60. The molecule has 0 aliphatic heterocycles.